The quantitative estimate of drug-likeness (QED) is 0.541. The second-order valence-corrected chi connectivity index (χ2v) is 6.22. The summed E-state index contributed by atoms with van der Waals surface area (Å²) < 4.78 is 40.9. The molecule has 0 aliphatic carbocycles. The molecule has 1 aromatic heterocycles. The molecule has 0 spiro atoms. The van der Waals surface area contributed by atoms with Crippen LogP contribution in [-0.4, -0.2) is 23.0 Å². The molecule has 0 atom stereocenters. The first-order valence-corrected chi connectivity index (χ1v) is 8.16. The van der Waals surface area contributed by atoms with E-state index in [2.05, 4.69) is 15.0 Å². The number of hydrogen-bond acceptors (Lipinski definition) is 5. The van der Waals surface area contributed by atoms with Crippen LogP contribution in [0, 0.1) is 0 Å². The molecule has 0 aliphatic rings. The van der Waals surface area contributed by atoms with Gasteiger partial charge in [-0.3, -0.25) is 9.59 Å². The molecule has 0 radical (unpaired) electrons. The summed E-state index contributed by atoms with van der Waals surface area (Å²) in [6.07, 6.45) is -4.81. The van der Waals surface area contributed by atoms with E-state index < -0.39 is 23.8 Å². The molecule has 0 fully saturated rings. The Hall–Kier alpha value is -2.94. The number of nitrogens with zero attached hydrogens (tertiary/aromatic N) is 1. The molecular weight excluding hydrogens is 369 g/mol. The van der Waals surface area contributed by atoms with E-state index in [4.69, 9.17) is 0 Å². The van der Waals surface area contributed by atoms with Crippen LogP contribution >= 0.6 is 11.3 Å². The topological polar surface area (TPSA) is 68.3 Å². The number of halogens is 3. The highest BCUT2D eigenvalue weighted by Gasteiger charge is 2.31. The zero-order chi connectivity index (χ0) is 18.7. The zero-order valence-corrected chi connectivity index (χ0v) is 13.9. The average Bonchev–Trinajstić information content (AvgIpc) is 3.01. The van der Waals surface area contributed by atoms with E-state index in [1.54, 1.807) is 24.3 Å². The minimum atomic E-state index is -4.81. The highest BCUT2D eigenvalue weighted by atomic mass is 32.1. The predicted octanol–water partition coefficient (Wildman–Crippen LogP) is 3.69. The highest BCUT2D eigenvalue weighted by Crippen LogP contribution is 2.29. The number of amides is 1. The van der Waals surface area contributed by atoms with Gasteiger partial charge in [-0.2, -0.15) is 0 Å². The Balaban J connectivity index is 1.72. The number of Topliss-reactive ketones (excluding diaryl/α,β-unsaturated/α-hetero) is 1. The Kier molecular flexibility index (Phi) is 4.90. The molecule has 3 rings (SSSR count). The van der Waals surface area contributed by atoms with Crippen molar-refractivity contribution < 1.29 is 27.5 Å². The number of benzene rings is 2. The van der Waals surface area contributed by atoms with Gasteiger partial charge in [0.05, 0.1) is 10.2 Å². The summed E-state index contributed by atoms with van der Waals surface area (Å²) in [6, 6.07) is 12.5. The number of ether oxygens (including phenoxy) is 1. The molecule has 2 aromatic carbocycles. The normalized spacial score (nSPS) is 11.3. The molecule has 0 bridgehead atoms. The third-order valence-corrected chi connectivity index (χ3v) is 4.31. The highest BCUT2D eigenvalue weighted by molar-refractivity contribution is 7.21. The number of hydrogen-bond donors (Lipinski definition) is 1. The molecule has 0 saturated heterocycles. The van der Waals surface area contributed by atoms with E-state index in [1.807, 2.05) is 6.07 Å². The average molecular weight is 380 g/mol. The Bertz CT molecular complexity index is 955. The van der Waals surface area contributed by atoms with Crippen molar-refractivity contribution in [2.24, 2.45) is 0 Å². The molecule has 1 heterocycles. The van der Waals surface area contributed by atoms with Crippen LogP contribution in [-0.2, 0) is 11.3 Å². The first-order valence-electron chi connectivity index (χ1n) is 7.34. The van der Waals surface area contributed by atoms with E-state index in [0.29, 0.717) is 10.2 Å². The fourth-order valence-corrected chi connectivity index (χ4v) is 3.09. The van der Waals surface area contributed by atoms with E-state index in [1.165, 1.54) is 6.07 Å². The van der Waals surface area contributed by atoms with Gasteiger partial charge in [-0.05, 0) is 23.8 Å². The van der Waals surface area contributed by atoms with Gasteiger partial charge in [-0.15, -0.1) is 24.5 Å². The number of carbonyl (C=O) groups is 2. The van der Waals surface area contributed by atoms with Gasteiger partial charge < -0.3 is 10.1 Å². The third kappa shape index (κ3) is 4.37. The first kappa shape index (κ1) is 17.9. The van der Waals surface area contributed by atoms with E-state index in [-0.39, 0.29) is 11.6 Å². The van der Waals surface area contributed by atoms with Gasteiger partial charge in [0.15, 0.2) is 5.01 Å². The molecule has 3 aromatic rings. The lowest BCUT2D eigenvalue weighted by atomic mass is 10.2. The lowest BCUT2D eigenvalue weighted by Crippen LogP contribution is -2.30. The maximum Gasteiger partial charge on any atom is 0.573 e. The van der Waals surface area contributed by atoms with Crippen LogP contribution in [0.1, 0.15) is 15.4 Å². The second kappa shape index (κ2) is 7.12. The Morgan fingerprint density at radius 3 is 2.54 bits per heavy atom. The summed E-state index contributed by atoms with van der Waals surface area (Å²) in [6.45, 7) is 0.180. The van der Waals surface area contributed by atoms with Crippen LogP contribution < -0.4 is 10.1 Å². The fraction of sp³-hybridized carbons (Fsp3) is 0.118. The number of nitrogens with one attached hydrogen (secondary N) is 1. The number of ketones is 1. The van der Waals surface area contributed by atoms with Crippen LogP contribution in [0.15, 0.2) is 48.5 Å². The molecule has 5 nitrogen and oxygen atoms in total. The summed E-state index contributed by atoms with van der Waals surface area (Å²) in [5.74, 6) is -2.10. The largest absolute Gasteiger partial charge is 0.573 e. The monoisotopic (exact) mass is 380 g/mol. The van der Waals surface area contributed by atoms with Crippen LogP contribution in [0.4, 0.5) is 13.2 Å². The molecule has 26 heavy (non-hydrogen) atoms. The van der Waals surface area contributed by atoms with Gasteiger partial charge in [0.25, 0.3) is 11.7 Å². The summed E-state index contributed by atoms with van der Waals surface area (Å²) in [4.78, 5) is 28.2. The van der Waals surface area contributed by atoms with Crippen molar-refractivity contribution in [2.45, 2.75) is 12.9 Å². The van der Waals surface area contributed by atoms with Crippen molar-refractivity contribution in [3.8, 4) is 5.75 Å². The number of fused-ring (bicyclic) bond motifs is 1. The van der Waals surface area contributed by atoms with Gasteiger partial charge in [-0.1, -0.05) is 30.3 Å². The van der Waals surface area contributed by atoms with Gasteiger partial charge >= 0.3 is 6.36 Å². The fourth-order valence-electron chi connectivity index (χ4n) is 2.15. The number of aromatic nitrogens is 1. The lowest BCUT2D eigenvalue weighted by molar-refractivity contribution is -0.274. The van der Waals surface area contributed by atoms with Crippen LogP contribution in [0.5, 0.6) is 5.75 Å². The van der Waals surface area contributed by atoms with Crippen LogP contribution in [0.25, 0.3) is 10.2 Å². The first-order chi connectivity index (χ1) is 12.3. The molecular formula is C17H11F3N2O3S. The molecule has 0 saturated carbocycles. The van der Waals surface area contributed by atoms with Crippen LogP contribution in [0.3, 0.4) is 0 Å². The molecule has 1 amide bonds. The van der Waals surface area contributed by atoms with Gasteiger partial charge in [0.1, 0.15) is 5.75 Å². The molecule has 9 heteroatoms. The van der Waals surface area contributed by atoms with E-state index in [0.717, 1.165) is 29.0 Å². The number of thiazole rings is 1. The Morgan fingerprint density at radius 2 is 1.85 bits per heavy atom. The van der Waals surface area contributed by atoms with Gasteiger partial charge in [0, 0.05) is 6.54 Å². The summed E-state index contributed by atoms with van der Waals surface area (Å²) >= 11 is 0.827. The van der Waals surface area contributed by atoms with Crippen molar-refractivity contribution in [3.63, 3.8) is 0 Å². The SMILES string of the molecule is O=C(NCc1ccccc1)C(=O)c1nc2ccc(OC(F)(F)F)cc2s1. The van der Waals surface area contributed by atoms with Crippen molar-refractivity contribution in [1.82, 2.24) is 10.3 Å². The van der Waals surface area contributed by atoms with Gasteiger partial charge in [0.2, 0.25) is 0 Å². The minimum Gasteiger partial charge on any atom is -0.406 e. The smallest absolute Gasteiger partial charge is 0.406 e. The minimum absolute atomic E-state index is 0.102. The zero-order valence-electron chi connectivity index (χ0n) is 13.0. The summed E-state index contributed by atoms with van der Waals surface area (Å²) in [5.41, 5.74) is 1.13. The second-order valence-electron chi connectivity index (χ2n) is 5.19. The van der Waals surface area contributed by atoms with Crippen LogP contribution in [0.2, 0.25) is 0 Å². The van der Waals surface area contributed by atoms with E-state index in [9.17, 15) is 22.8 Å². The van der Waals surface area contributed by atoms with Crippen molar-refractivity contribution in [3.05, 3.63) is 59.1 Å². The number of rotatable bonds is 5. The molecule has 1 N–H and O–H groups in total. The molecule has 0 aliphatic heterocycles. The van der Waals surface area contributed by atoms with Crippen molar-refractivity contribution in [1.29, 1.82) is 0 Å². The standard InChI is InChI=1S/C17H11F3N2O3S/c18-17(19,20)25-11-6-7-12-13(8-11)26-16(22-12)14(23)15(24)21-9-10-4-2-1-3-5-10/h1-8H,9H2,(H,21,24). The summed E-state index contributed by atoms with van der Waals surface area (Å²) in [5, 5.41) is 2.39. The van der Waals surface area contributed by atoms with E-state index >= 15 is 0 Å². The van der Waals surface area contributed by atoms with Crippen molar-refractivity contribution in [2.75, 3.05) is 0 Å². The molecule has 134 valence electrons. The number of carbonyl (C=O) groups excluding carboxylic acids is 2. The molecule has 0 unspecified atom stereocenters. The number of alkyl halides is 3. The maximum absolute atomic E-state index is 12.3. The lowest BCUT2D eigenvalue weighted by Gasteiger charge is -2.07. The predicted molar refractivity (Wildman–Crippen MR) is 88.9 cm³/mol. The maximum atomic E-state index is 12.3. The summed E-state index contributed by atoms with van der Waals surface area (Å²) in [7, 11) is 0. The third-order valence-electron chi connectivity index (χ3n) is 3.29. The van der Waals surface area contributed by atoms with Gasteiger partial charge in [-0.25, -0.2) is 4.98 Å². The Labute approximate surface area is 149 Å². The Morgan fingerprint density at radius 1 is 1.12 bits per heavy atom. The van der Waals surface area contributed by atoms with Crippen molar-refractivity contribution >= 4 is 33.2 Å².